The first kappa shape index (κ1) is 14.7. The number of hydrogen-bond acceptors (Lipinski definition) is 3. The van der Waals surface area contributed by atoms with Crippen molar-refractivity contribution in [1.29, 1.82) is 0 Å². The summed E-state index contributed by atoms with van der Waals surface area (Å²) in [7, 11) is 0. The molecule has 1 aliphatic carbocycles. The highest BCUT2D eigenvalue weighted by molar-refractivity contribution is 5.94. The van der Waals surface area contributed by atoms with Crippen LogP contribution in [-0.2, 0) is 5.60 Å². The highest BCUT2D eigenvalue weighted by Crippen LogP contribution is 2.45. The van der Waals surface area contributed by atoms with Crippen LogP contribution in [0.3, 0.4) is 0 Å². The maximum Gasteiger partial charge on any atom is 0.251 e. The molecular weight excluding hydrogens is 292 g/mol. The van der Waals surface area contributed by atoms with Crippen LogP contribution in [-0.4, -0.2) is 17.6 Å². The van der Waals surface area contributed by atoms with Crippen LogP contribution in [0.15, 0.2) is 41.0 Å². The summed E-state index contributed by atoms with van der Waals surface area (Å²) in [5, 5.41) is 13.3. The number of hydrogen-bond donors (Lipinski definition) is 2. The molecule has 0 aliphatic heterocycles. The highest BCUT2D eigenvalue weighted by atomic mass is 19.2. The first-order valence-electron chi connectivity index (χ1n) is 7.00. The Balaban J connectivity index is 1.72. The van der Waals surface area contributed by atoms with Gasteiger partial charge in [-0.05, 0) is 49.1 Å². The van der Waals surface area contributed by atoms with Crippen LogP contribution >= 0.6 is 0 Å². The van der Waals surface area contributed by atoms with Gasteiger partial charge in [-0.2, -0.15) is 0 Å². The largest absolute Gasteiger partial charge is 0.466 e. The van der Waals surface area contributed by atoms with E-state index >= 15 is 0 Å². The zero-order valence-corrected chi connectivity index (χ0v) is 11.7. The molecule has 0 saturated heterocycles. The van der Waals surface area contributed by atoms with E-state index in [1.165, 1.54) is 12.3 Å². The Kier molecular flexibility index (Phi) is 3.70. The van der Waals surface area contributed by atoms with Crippen LogP contribution in [0.25, 0.3) is 0 Å². The standard InChI is InChI=1S/C16H15F2NO3/c17-12-6-3-10(8-13(12)18)15(20)19-9-16(21,11-4-5-11)14-2-1-7-22-14/h1-3,6-8,11,21H,4-5,9H2,(H,19,20). The van der Waals surface area contributed by atoms with Gasteiger partial charge in [-0.15, -0.1) is 0 Å². The second-order valence-corrected chi connectivity index (χ2v) is 5.49. The van der Waals surface area contributed by atoms with E-state index < -0.39 is 23.1 Å². The van der Waals surface area contributed by atoms with Crippen molar-refractivity contribution in [2.75, 3.05) is 6.54 Å². The molecule has 2 aromatic rings. The third kappa shape index (κ3) is 2.74. The quantitative estimate of drug-likeness (QED) is 0.892. The molecule has 0 radical (unpaired) electrons. The number of rotatable bonds is 5. The van der Waals surface area contributed by atoms with E-state index in [-0.39, 0.29) is 18.0 Å². The van der Waals surface area contributed by atoms with Crippen molar-refractivity contribution in [3.05, 3.63) is 59.6 Å². The number of furan rings is 1. The van der Waals surface area contributed by atoms with Crippen LogP contribution in [0.1, 0.15) is 29.0 Å². The number of carbonyl (C=O) groups excluding carboxylic acids is 1. The Bertz CT molecular complexity index is 683. The van der Waals surface area contributed by atoms with Gasteiger partial charge in [0.2, 0.25) is 0 Å². The molecule has 1 unspecified atom stereocenters. The molecule has 3 rings (SSSR count). The third-order valence-corrected chi connectivity index (χ3v) is 3.90. The Morgan fingerprint density at radius 2 is 2.09 bits per heavy atom. The van der Waals surface area contributed by atoms with Gasteiger partial charge in [0.25, 0.3) is 5.91 Å². The Labute approximate surface area is 125 Å². The number of carbonyl (C=O) groups is 1. The van der Waals surface area contributed by atoms with Gasteiger partial charge in [-0.25, -0.2) is 8.78 Å². The van der Waals surface area contributed by atoms with Crippen LogP contribution in [0.2, 0.25) is 0 Å². The summed E-state index contributed by atoms with van der Waals surface area (Å²) in [4.78, 5) is 12.0. The molecule has 1 heterocycles. The zero-order chi connectivity index (χ0) is 15.7. The van der Waals surface area contributed by atoms with Crippen molar-refractivity contribution in [2.24, 2.45) is 5.92 Å². The summed E-state index contributed by atoms with van der Waals surface area (Å²) < 4.78 is 31.3. The molecule has 1 fully saturated rings. The summed E-state index contributed by atoms with van der Waals surface area (Å²) in [6.07, 6.45) is 3.15. The number of benzene rings is 1. The monoisotopic (exact) mass is 307 g/mol. The van der Waals surface area contributed by atoms with Gasteiger partial charge in [0.15, 0.2) is 11.6 Å². The molecule has 2 N–H and O–H groups in total. The predicted octanol–water partition coefficient (Wildman–Crippen LogP) is 2.59. The summed E-state index contributed by atoms with van der Waals surface area (Å²) in [6, 6.07) is 6.23. The van der Waals surface area contributed by atoms with Crippen molar-refractivity contribution < 1.29 is 23.1 Å². The maximum atomic E-state index is 13.2. The number of amides is 1. The van der Waals surface area contributed by atoms with Gasteiger partial charge < -0.3 is 14.8 Å². The fraction of sp³-hybridized carbons (Fsp3) is 0.312. The second-order valence-electron chi connectivity index (χ2n) is 5.49. The number of aliphatic hydroxyl groups is 1. The van der Waals surface area contributed by atoms with E-state index in [0.717, 1.165) is 25.0 Å². The number of nitrogens with one attached hydrogen (secondary N) is 1. The Morgan fingerprint density at radius 3 is 2.68 bits per heavy atom. The smallest absolute Gasteiger partial charge is 0.251 e. The van der Waals surface area contributed by atoms with Crippen molar-refractivity contribution >= 4 is 5.91 Å². The lowest BCUT2D eigenvalue weighted by Crippen LogP contribution is -2.42. The van der Waals surface area contributed by atoms with E-state index in [1.807, 2.05) is 0 Å². The van der Waals surface area contributed by atoms with Crippen molar-refractivity contribution in [3.8, 4) is 0 Å². The molecule has 0 bridgehead atoms. The molecule has 1 saturated carbocycles. The molecule has 0 spiro atoms. The summed E-state index contributed by atoms with van der Waals surface area (Å²) in [5.41, 5.74) is -1.28. The molecule has 1 aromatic carbocycles. The minimum atomic E-state index is -1.28. The van der Waals surface area contributed by atoms with Gasteiger partial charge in [0.05, 0.1) is 12.8 Å². The molecule has 1 aromatic heterocycles. The Morgan fingerprint density at radius 1 is 1.32 bits per heavy atom. The molecule has 1 atom stereocenters. The minimum absolute atomic E-state index is 0.00325. The summed E-state index contributed by atoms with van der Waals surface area (Å²) >= 11 is 0. The van der Waals surface area contributed by atoms with E-state index in [9.17, 15) is 18.7 Å². The van der Waals surface area contributed by atoms with E-state index in [0.29, 0.717) is 5.76 Å². The average Bonchev–Trinajstić information content (AvgIpc) is 3.22. The Hall–Kier alpha value is -2.21. The molecule has 6 heteroatoms. The second kappa shape index (κ2) is 5.53. The van der Waals surface area contributed by atoms with Gasteiger partial charge in [0.1, 0.15) is 11.4 Å². The minimum Gasteiger partial charge on any atom is -0.466 e. The summed E-state index contributed by atoms with van der Waals surface area (Å²) in [5.74, 6) is -2.27. The third-order valence-electron chi connectivity index (χ3n) is 3.90. The van der Waals surface area contributed by atoms with Crippen LogP contribution in [0.4, 0.5) is 8.78 Å². The topological polar surface area (TPSA) is 62.5 Å². The highest BCUT2D eigenvalue weighted by Gasteiger charge is 2.47. The molecule has 22 heavy (non-hydrogen) atoms. The van der Waals surface area contributed by atoms with Crippen LogP contribution in [0, 0.1) is 17.6 Å². The van der Waals surface area contributed by atoms with Crippen molar-refractivity contribution in [2.45, 2.75) is 18.4 Å². The normalized spacial score (nSPS) is 17.0. The molecule has 1 aliphatic rings. The van der Waals surface area contributed by atoms with Gasteiger partial charge >= 0.3 is 0 Å². The molecular formula is C16H15F2NO3. The van der Waals surface area contributed by atoms with Crippen molar-refractivity contribution in [1.82, 2.24) is 5.32 Å². The lowest BCUT2D eigenvalue weighted by Gasteiger charge is -2.26. The van der Waals surface area contributed by atoms with E-state index in [2.05, 4.69) is 5.32 Å². The van der Waals surface area contributed by atoms with Crippen LogP contribution in [0.5, 0.6) is 0 Å². The maximum absolute atomic E-state index is 13.2. The van der Waals surface area contributed by atoms with Gasteiger partial charge in [-0.1, -0.05) is 0 Å². The van der Waals surface area contributed by atoms with Crippen LogP contribution < -0.4 is 5.32 Å². The predicted molar refractivity (Wildman–Crippen MR) is 74.0 cm³/mol. The molecule has 116 valence electrons. The SMILES string of the molecule is O=C(NCC(O)(c1ccco1)C1CC1)c1ccc(F)c(F)c1. The fourth-order valence-corrected chi connectivity index (χ4v) is 2.47. The van der Waals surface area contributed by atoms with Gasteiger partial charge in [-0.3, -0.25) is 4.79 Å². The van der Waals surface area contributed by atoms with E-state index in [4.69, 9.17) is 4.42 Å². The first-order chi connectivity index (χ1) is 10.5. The summed E-state index contributed by atoms with van der Waals surface area (Å²) in [6.45, 7) is -0.0526. The first-order valence-corrected chi connectivity index (χ1v) is 7.00. The number of halogens is 2. The van der Waals surface area contributed by atoms with Crippen molar-refractivity contribution in [3.63, 3.8) is 0 Å². The fourth-order valence-electron chi connectivity index (χ4n) is 2.47. The lowest BCUT2D eigenvalue weighted by atomic mass is 9.94. The lowest BCUT2D eigenvalue weighted by molar-refractivity contribution is -0.00611. The van der Waals surface area contributed by atoms with Gasteiger partial charge in [0, 0.05) is 5.56 Å². The van der Waals surface area contributed by atoms with E-state index in [1.54, 1.807) is 12.1 Å². The average molecular weight is 307 g/mol. The molecule has 4 nitrogen and oxygen atoms in total. The molecule has 1 amide bonds. The zero-order valence-electron chi connectivity index (χ0n) is 11.7.